The monoisotopic (exact) mass is 357 g/mol. The molecule has 0 N–H and O–H groups in total. The number of amides is 2. The lowest BCUT2D eigenvalue weighted by Gasteiger charge is -2.65. The number of hydrogen-bond donors (Lipinski definition) is 0. The topological polar surface area (TPSA) is 54.5 Å². The maximum atomic E-state index is 13.4. The summed E-state index contributed by atoms with van der Waals surface area (Å²) in [6, 6.07) is 9.12. The molecule has 3 aliphatic rings. The quantitative estimate of drug-likeness (QED) is 0.724. The summed E-state index contributed by atoms with van der Waals surface area (Å²) in [5.41, 5.74) is -0.602. The second kappa shape index (κ2) is 4.76. The van der Waals surface area contributed by atoms with Crippen molar-refractivity contribution in [2.45, 2.75) is 44.6 Å². The Balaban J connectivity index is 1.86. The molecule has 2 aliphatic heterocycles. The Hall–Kier alpha value is -1.62. The minimum absolute atomic E-state index is 0.0156. The molecule has 2 saturated heterocycles. The molecule has 4 nitrogen and oxygen atoms in total. The second-order valence-corrected chi connectivity index (χ2v) is 10.1. The van der Waals surface area contributed by atoms with Crippen molar-refractivity contribution >= 4 is 35.0 Å². The molecule has 1 aliphatic carbocycles. The molecular weight excluding hydrogens is 334 g/mol. The molecule has 1 aromatic carbocycles. The van der Waals surface area contributed by atoms with Crippen LogP contribution in [0.1, 0.15) is 34.6 Å². The number of para-hydroxylation sites is 1. The lowest BCUT2D eigenvalue weighted by molar-refractivity contribution is -0.166. The molecule has 3 fully saturated rings. The highest BCUT2D eigenvalue weighted by Crippen LogP contribution is 2.75. The first-order valence-corrected chi connectivity index (χ1v) is 9.62. The van der Waals surface area contributed by atoms with Crippen molar-refractivity contribution in [1.82, 2.24) is 0 Å². The maximum absolute atomic E-state index is 13.4. The number of anilines is 1. The number of rotatable bonds is 1. The van der Waals surface area contributed by atoms with Crippen molar-refractivity contribution in [2.24, 2.45) is 22.7 Å². The van der Waals surface area contributed by atoms with Crippen LogP contribution in [-0.2, 0) is 14.4 Å². The maximum Gasteiger partial charge on any atom is 0.239 e. The van der Waals surface area contributed by atoms with E-state index in [1.807, 2.05) is 52.8 Å². The molecule has 3 atom stereocenters. The molecule has 25 heavy (non-hydrogen) atoms. The fourth-order valence-corrected chi connectivity index (χ4v) is 7.95. The van der Waals surface area contributed by atoms with Crippen LogP contribution in [0.3, 0.4) is 0 Å². The molecule has 1 saturated carbocycles. The summed E-state index contributed by atoms with van der Waals surface area (Å²) in [6.07, 6.45) is 0. The Labute approximate surface area is 152 Å². The van der Waals surface area contributed by atoms with E-state index in [1.165, 1.54) is 4.90 Å². The summed E-state index contributed by atoms with van der Waals surface area (Å²) in [5.74, 6) is -0.887. The van der Waals surface area contributed by atoms with E-state index in [1.54, 1.807) is 23.9 Å². The van der Waals surface area contributed by atoms with Crippen LogP contribution in [0, 0.1) is 22.7 Å². The first-order valence-electron chi connectivity index (χ1n) is 8.74. The number of nitrogens with zero attached hydrogens (tertiary/aromatic N) is 1. The Morgan fingerprint density at radius 2 is 1.48 bits per heavy atom. The standard InChI is InChI=1S/C20H23NO3S/c1-11-13-14(20(25-11)18(2,3)17(24)19(20,4)5)16(23)21(15(13)22)12-9-7-6-8-10-12/h6-11,13-14H,1-5H3/t11-,13-,14+/m0/s1. The number of ketones is 1. The van der Waals surface area contributed by atoms with Gasteiger partial charge in [-0.1, -0.05) is 52.8 Å². The predicted molar refractivity (Wildman–Crippen MR) is 98.3 cm³/mol. The number of benzene rings is 1. The Morgan fingerprint density at radius 1 is 0.920 bits per heavy atom. The zero-order valence-corrected chi connectivity index (χ0v) is 16.0. The van der Waals surface area contributed by atoms with Crippen molar-refractivity contribution in [2.75, 3.05) is 4.90 Å². The molecule has 0 radical (unpaired) electrons. The number of carbonyl (C=O) groups is 3. The molecule has 1 aromatic rings. The molecule has 2 heterocycles. The van der Waals surface area contributed by atoms with Crippen LogP contribution in [0.4, 0.5) is 5.69 Å². The van der Waals surface area contributed by atoms with Crippen molar-refractivity contribution < 1.29 is 14.4 Å². The fraction of sp³-hybridized carbons (Fsp3) is 0.550. The highest BCUT2D eigenvalue weighted by Gasteiger charge is 2.82. The number of imide groups is 1. The van der Waals surface area contributed by atoms with Crippen molar-refractivity contribution in [3.63, 3.8) is 0 Å². The minimum atomic E-state index is -0.614. The molecule has 1 spiro atoms. The van der Waals surface area contributed by atoms with Gasteiger partial charge in [0.25, 0.3) is 0 Å². The number of fused-ring (bicyclic) bond motifs is 2. The van der Waals surface area contributed by atoms with Gasteiger partial charge in [-0.3, -0.25) is 14.4 Å². The lowest BCUT2D eigenvalue weighted by atomic mass is 9.42. The van der Waals surface area contributed by atoms with Gasteiger partial charge in [0.05, 0.1) is 22.3 Å². The van der Waals surface area contributed by atoms with Crippen molar-refractivity contribution in [3.8, 4) is 0 Å². The summed E-state index contributed by atoms with van der Waals surface area (Å²) in [7, 11) is 0. The molecule has 132 valence electrons. The zero-order chi connectivity index (χ0) is 18.4. The Bertz CT molecular complexity index is 780. The zero-order valence-electron chi connectivity index (χ0n) is 15.2. The van der Waals surface area contributed by atoms with Gasteiger partial charge in [0.1, 0.15) is 5.78 Å². The van der Waals surface area contributed by atoms with E-state index < -0.39 is 21.5 Å². The number of carbonyl (C=O) groups excluding carboxylic acids is 3. The number of thioether (sulfide) groups is 1. The molecular formula is C20H23NO3S. The second-order valence-electron chi connectivity index (χ2n) is 8.49. The third-order valence-corrected chi connectivity index (χ3v) is 8.98. The van der Waals surface area contributed by atoms with Gasteiger partial charge < -0.3 is 0 Å². The van der Waals surface area contributed by atoms with Gasteiger partial charge in [0.2, 0.25) is 11.8 Å². The van der Waals surface area contributed by atoms with Crippen molar-refractivity contribution in [1.29, 1.82) is 0 Å². The van der Waals surface area contributed by atoms with Crippen LogP contribution in [-0.4, -0.2) is 27.6 Å². The van der Waals surface area contributed by atoms with Gasteiger partial charge in [0, 0.05) is 16.1 Å². The van der Waals surface area contributed by atoms with E-state index >= 15 is 0 Å². The summed E-state index contributed by atoms with van der Waals surface area (Å²) < 4.78 is -0.530. The normalized spacial score (nSPS) is 34.4. The van der Waals surface area contributed by atoms with E-state index in [0.29, 0.717) is 5.69 Å². The summed E-state index contributed by atoms with van der Waals surface area (Å²) >= 11 is 1.68. The highest BCUT2D eigenvalue weighted by molar-refractivity contribution is 8.01. The van der Waals surface area contributed by atoms with Crippen LogP contribution < -0.4 is 4.90 Å². The average molecular weight is 357 g/mol. The van der Waals surface area contributed by atoms with Gasteiger partial charge in [-0.25, -0.2) is 4.90 Å². The van der Waals surface area contributed by atoms with E-state index in [4.69, 9.17) is 0 Å². The van der Waals surface area contributed by atoms with Crippen LogP contribution in [0.5, 0.6) is 0 Å². The number of Topliss-reactive ketones (excluding diaryl/α,β-unsaturated/α-hetero) is 1. The smallest absolute Gasteiger partial charge is 0.239 e. The summed E-state index contributed by atoms with van der Waals surface area (Å²) in [4.78, 5) is 40.7. The van der Waals surface area contributed by atoms with E-state index in [-0.39, 0.29) is 28.8 Å². The van der Waals surface area contributed by atoms with Gasteiger partial charge in [-0.15, -0.1) is 11.8 Å². The van der Waals surface area contributed by atoms with Gasteiger partial charge in [-0.2, -0.15) is 0 Å². The Morgan fingerprint density at radius 3 is 2.04 bits per heavy atom. The largest absolute Gasteiger partial charge is 0.298 e. The molecule has 0 bridgehead atoms. The van der Waals surface area contributed by atoms with E-state index in [0.717, 1.165) is 0 Å². The van der Waals surface area contributed by atoms with Gasteiger partial charge in [0.15, 0.2) is 0 Å². The van der Waals surface area contributed by atoms with Gasteiger partial charge >= 0.3 is 0 Å². The first kappa shape index (κ1) is 16.8. The summed E-state index contributed by atoms with van der Waals surface area (Å²) in [5, 5.41) is 0.0156. The van der Waals surface area contributed by atoms with Crippen LogP contribution in [0.25, 0.3) is 0 Å². The van der Waals surface area contributed by atoms with Crippen molar-refractivity contribution in [3.05, 3.63) is 30.3 Å². The third kappa shape index (κ3) is 1.64. The lowest BCUT2D eigenvalue weighted by Crippen LogP contribution is -2.75. The molecule has 2 amide bonds. The predicted octanol–water partition coefficient (Wildman–Crippen LogP) is 3.30. The number of hydrogen-bond acceptors (Lipinski definition) is 4. The van der Waals surface area contributed by atoms with Crippen LogP contribution in [0.15, 0.2) is 30.3 Å². The summed E-state index contributed by atoms with van der Waals surface area (Å²) in [6.45, 7) is 9.76. The molecule has 0 unspecified atom stereocenters. The van der Waals surface area contributed by atoms with Crippen LogP contribution in [0.2, 0.25) is 0 Å². The minimum Gasteiger partial charge on any atom is -0.298 e. The SMILES string of the molecule is C[C@@H]1SC2([C@H]3C(=O)N(c4ccccc4)C(=O)[C@@H]13)C(C)(C)C(=O)C2(C)C. The van der Waals surface area contributed by atoms with Crippen LogP contribution >= 0.6 is 11.8 Å². The fourth-order valence-electron chi connectivity index (χ4n) is 5.77. The average Bonchev–Trinajstić information content (AvgIpc) is 3.03. The Kier molecular flexibility index (Phi) is 3.20. The van der Waals surface area contributed by atoms with Gasteiger partial charge in [-0.05, 0) is 12.1 Å². The molecule has 4 rings (SSSR count). The van der Waals surface area contributed by atoms with E-state index in [9.17, 15) is 14.4 Å². The van der Waals surface area contributed by atoms with E-state index in [2.05, 4.69) is 0 Å². The first-order chi connectivity index (χ1) is 11.6. The highest BCUT2D eigenvalue weighted by atomic mass is 32.2. The molecule has 0 aromatic heterocycles. The third-order valence-electron chi connectivity index (χ3n) is 6.67. The molecule has 5 heteroatoms.